The molecule has 3 heterocycles. The van der Waals surface area contributed by atoms with Gasteiger partial charge in [-0.05, 0) is 87.3 Å². The number of alkyl halides is 2. The molecule has 8 atom stereocenters. The Balaban J connectivity index is 1.12. The predicted octanol–water partition coefficient (Wildman–Crippen LogP) is 8.11. The van der Waals surface area contributed by atoms with E-state index >= 15 is 0 Å². The molecule has 3 aliphatic rings. The Labute approximate surface area is 425 Å². The van der Waals surface area contributed by atoms with E-state index in [-0.39, 0.29) is 53.8 Å². The van der Waals surface area contributed by atoms with Gasteiger partial charge in [-0.25, -0.2) is 19.6 Å². The lowest BCUT2D eigenvalue weighted by Gasteiger charge is -2.42. The maximum atomic E-state index is 14.4. The summed E-state index contributed by atoms with van der Waals surface area (Å²) in [7, 11) is 6.11. The number of halogens is 3. The number of esters is 1. The van der Waals surface area contributed by atoms with Gasteiger partial charge in [-0.1, -0.05) is 87.5 Å². The van der Waals surface area contributed by atoms with E-state index in [1.54, 1.807) is 57.4 Å². The van der Waals surface area contributed by atoms with Crippen molar-refractivity contribution in [3.05, 3.63) is 81.7 Å². The van der Waals surface area contributed by atoms with E-state index < -0.39 is 47.6 Å². The summed E-state index contributed by atoms with van der Waals surface area (Å²) in [6.45, 7) is 7.78. The Hall–Kier alpha value is -4.62. The third-order valence-corrected chi connectivity index (χ3v) is 15.4. The molecule has 3 N–H and O–H groups in total. The molecule has 2 aliphatic heterocycles. The largest absolute Gasteiger partial charge is 0.495 e. The number of anilines is 1. The highest BCUT2D eigenvalue weighted by Gasteiger charge is 2.62. The minimum absolute atomic E-state index is 0.00549. The van der Waals surface area contributed by atoms with Crippen LogP contribution in [0.2, 0.25) is 5.02 Å². The van der Waals surface area contributed by atoms with Crippen molar-refractivity contribution in [2.45, 2.75) is 120 Å². The predicted molar refractivity (Wildman–Crippen MR) is 269 cm³/mol. The van der Waals surface area contributed by atoms with Gasteiger partial charge in [-0.3, -0.25) is 19.7 Å². The summed E-state index contributed by atoms with van der Waals surface area (Å²) in [4.78, 5) is 80.0. The number of carbonyl (C=O) groups is 5. The van der Waals surface area contributed by atoms with E-state index in [1.165, 1.54) is 24.0 Å². The van der Waals surface area contributed by atoms with Gasteiger partial charge in [0.1, 0.15) is 35.1 Å². The zero-order chi connectivity index (χ0) is 50.4. The molecule has 2 aromatic carbocycles. The number of aromatic nitrogens is 2. The number of nitrogens with one attached hydrogen (secondary N) is 2. The zero-order valence-corrected chi connectivity index (χ0v) is 44.3. The number of amides is 4. The molecule has 3 aromatic rings. The number of likely N-dealkylation sites (N-methyl/N-ethyl adjacent to an activating group) is 1. The molecule has 1 saturated heterocycles. The number of allylic oxidation sites excluding steroid dienone is 3. The first kappa shape index (κ1) is 53.7. The third kappa shape index (κ3) is 12.5. The number of methoxy groups -OCH3 is 2. The molecule has 1 unspecified atom stereocenters. The number of hydrogen-bond acceptors (Lipinski definition) is 12. The topological polar surface area (TPSA) is 199 Å². The highest BCUT2D eigenvalue weighted by atomic mass is 79.9. The molecule has 69 heavy (non-hydrogen) atoms. The molecule has 1 saturated carbocycles. The van der Waals surface area contributed by atoms with Gasteiger partial charge in [-0.15, -0.1) is 0 Å². The maximum Gasteiger partial charge on any atom is 0.409 e. The van der Waals surface area contributed by atoms with Gasteiger partial charge >= 0.3 is 12.1 Å². The number of hydrogen-bond donors (Lipinski definition) is 3. The number of unbranched alkanes of at least 4 members (excludes halogenated alkanes) is 2. The second-order valence-electron chi connectivity index (χ2n) is 18.7. The van der Waals surface area contributed by atoms with Crippen LogP contribution in [0, 0.1) is 17.3 Å². The van der Waals surface area contributed by atoms with Crippen LogP contribution in [0.25, 0.3) is 11.0 Å². The van der Waals surface area contributed by atoms with Crippen molar-refractivity contribution >= 4 is 90.0 Å². The van der Waals surface area contributed by atoms with E-state index in [0.717, 1.165) is 22.5 Å². The van der Waals surface area contributed by atoms with Crippen molar-refractivity contribution in [1.29, 1.82) is 0 Å². The van der Waals surface area contributed by atoms with Gasteiger partial charge in [0.25, 0.3) is 5.91 Å². The lowest BCUT2D eigenvalue weighted by Crippen LogP contribution is -2.63. The smallest absolute Gasteiger partial charge is 0.409 e. The summed E-state index contributed by atoms with van der Waals surface area (Å²) in [6.07, 6.45) is 4.63. The van der Waals surface area contributed by atoms with E-state index in [1.807, 2.05) is 32.9 Å². The van der Waals surface area contributed by atoms with Crippen LogP contribution >= 0.6 is 43.5 Å². The first-order valence-electron chi connectivity index (χ1n) is 23.1. The molecule has 374 valence electrons. The van der Waals surface area contributed by atoms with Gasteiger partial charge < -0.3 is 39.2 Å². The lowest BCUT2D eigenvalue weighted by atomic mass is 9.83. The molecular formula is C50H63Br2ClN6O10. The summed E-state index contributed by atoms with van der Waals surface area (Å²) in [5.74, 6) is -1.71. The van der Waals surface area contributed by atoms with Crippen molar-refractivity contribution in [2.24, 2.45) is 17.3 Å². The van der Waals surface area contributed by atoms with Gasteiger partial charge in [0, 0.05) is 62.2 Å². The van der Waals surface area contributed by atoms with Crippen LogP contribution in [-0.4, -0.2) is 115 Å². The van der Waals surface area contributed by atoms with Crippen molar-refractivity contribution in [2.75, 3.05) is 39.8 Å². The second kappa shape index (κ2) is 23.1. The van der Waals surface area contributed by atoms with Gasteiger partial charge in [0.2, 0.25) is 11.8 Å². The molecule has 1 aliphatic carbocycles. The van der Waals surface area contributed by atoms with Crippen molar-refractivity contribution in [3.63, 3.8) is 0 Å². The molecule has 0 spiro atoms. The van der Waals surface area contributed by atoms with E-state index in [4.69, 9.17) is 30.5 Å². The Bertz CT molecular complexity index is 2490. The number of nitrogens with zero attached hydrogens (tertiary/aromatic N) is 4. The van der Waals surface area contributed by atoms with Crippen molar-refractivity contribution in [1.82, 2.24) is 25.5 Å². The maximum absolute atomic E-state index is 14.4. The average Bonchev–Trinajstić information content (AvgIpc) is 4.03. The van der Waals surface area contributed by atoms with Crippen LogP contribution in [-0.2, 0) is 45.7 Å². The molecule has 2 fully saturated rings. The minimum Gasteiger partial charge on any atom is -0.495 e. The van der Waals surface area contributed by atoms with Crippen LogP contribution in [0.15, 0.2) is 54.1 Å². The number of alkyl carbamates (subject to hydrolysis) is 1. The van der Waals surface area contributed by atoms with Crippen molar-refractivity contribution < 1.29 is 48.0 Å². The van der Waals surface area contributed by atoms with Crippen LogP contribution in [0.3, 0.4) is 0 Å². The fourth-order valence-corrected chi connectivity index (χ4v) is 10.5. The van der Waals surface area contributed by atoms with E-state index in [0.29, 0.717) is 77.3 Å². The summed E-state index contributed by atoms with van der Waals surface area (Å²) in [5, 5.41) is 18.7. The van der Waals surface area contributed by atoms with Crippen LogP contribution in [0.5, 0.6) is 5.75 Å². The van der Waals surface area contributed by atoms with Crippen LogP contribution in [0.4, 0.5) is 10.5 Å². The lowest BCUT2D eigenvalue weighted by molar-refractivity contribution is -0.163. The number of carbonyl (C=O) groups excluding carboxylic acids is 5. The zero-order valence-electron chi connectivity index (χ0n) is 40.4. The molecule has 19 heteroatoms. The number of benzene rings is 2. The monoisotopic (exact) mass is 1100 g/mol. The van der Waals surface area contributed by atoms with E-state index in [9.17, 15) is 29.1 Å². The highest BCUT2D eigenvalue weighted by molar-refractivity contribution is 9.09. The average molecular weight is 1100 g/mol. The number of fused-ring (bicyclic) bond motifs is 6. The molecule has 4 amide bonds. The van der Waals surface area contributed by atoms with Gasteiger partial charge in [0.15, 0.2) is 5.72 Å². The number of ether oxygens (including phenoxy) is 4. The van der Waals surface area contributed by atoms with Crippen LogP contribution in [0.1, 0.15) is 99.9 Å². The molecule has 0 radical (unpaired) electrons. The normalized spacial score (nSPS) is 26.6. The first-order chi connectivity index (χ1) is 32.8. The summed E-state index contributed by atoms with van der Waals surface area (Å²) < 4.78 is 23.4. The number of rotatable bonds is 14. The van der Waals surface area contributed by atoms with Gasteiger partial charge in [-0.2, -0.15) is 0 Å². The fraction of sp³-hybridized carbons (Fsp3) is 0.540. The summed E-state index contributed by atoms with van der Waals surface area (Å²) in [6, 6.07) is 7.86. The molecule has 1 aromatic heterocycles. The summed E-state index contributed by atoms with van der Waals surface area (Å²) in [5.41, 5.74) is 3.04. The standard InChI is InChI=1S/C50H63Br2ClN6O10/c1-28-13-12-14-41(67-8)50(65)25-40(68-48(64)57-50)29(2)33-24-49(33,4)42(23-44(61)59(6)38-20-31(19-28)21-39(66-7)45(38)53)69-47(63)30(3)58(5)43(60)15-10-9-11-18-54-46(62)32-16-17-34-35(22-32)56-37(27-52)36(26-51)55-34/h12-14,16-17,20-22,29-30,33,40-42,65H,9-11,15,18-19,23-27H2,1-8H3,(H,54,62)(H,57,64)/b14-12+,28-13+/t29-,30+,33?,40-,41+,42-,49+,50-/m0/s1. The quantitative estimate of drug-likeness (QED) is 0.0798. The summed E-state index contributed by atoms with van der Waals surface area (Å²) >= 11 is 13.7. The molecule has 6 rings (SSSR count). The van der Waals surface area contributed by atoms with Crippen molar-refractivity contribution in [3.8, 4) is 5.75 Å². The fourth-order valence-electron chi connectivity index (χ4n) is 9.31. The first-order valence-corrected chi connectivity index (χ1v) is 25.8. The molecule has 4 bridgehead atoms. The SMILES string of the molecule is COc1cc2cc(c1Cl)N(C)C(=O)C[C@H](OC(=O)[C@@H](C)N(C)C(=O)CCCCCNC(=O)c1ccc3nc(CBr)c(CBr)nc3c1)[C@]1(C)CC1[C@H](C)[C@@H]1C[C@@](O)(NC(=O)O1)[C@H](OC)/C=C/C=C(\C)C2. The Morgan fingerprint density at radius 2 is 1.78 bits per heavy atom. The van der Waals surface area contributed by atoms with Crippen LogP contribution < -0.4 is 20.3 Å². The number of aliphatic hydroxyl groups is 1. The second-order valence-corrected chi connectivity index (χ2v) is 20.2. The highest BCUT2D eigenvalue weighted by Crippen LogP contribution is 2.61. The third-order valence-electron chi connectivity index (χ3n) is 13.9. The van der Waals surface area contributed by atoms with E-state index in [2.05, 4.69) is 52.5 Å². The molecular weight excluding hydrogens is 1040 g/mol. The Kier molecular flexibility index (Phi) is 18.0. The van der Waals surface area contributed by atoms with Gasteiger partial charge in [0.05, 0.1) is 41.6 Å². The Morgan fingerprint density at radius 3 is 2.46 bits per heavy atom. The minimum atomic E-state index is -1.80. The molecule has 16 nitrogen and oxygen atoms in total. The Morgan fingerprint density at radius 1 is 1.07 bits per heavy atom.